The molecule has 2 aliphatic rings. The van der Waals surface area contributed by atoms with Gasteiger partial charge in [-0.15, -0.1) is 0 Å². The molecule has 0 radical (unpaired) electrons. The molecule has 3 heteroatoms. The molecule has 1 aliphatic heterocycles. The summed E-state index contributed by atoms with van der Waals surface area (Å²) in [7, 11) is -0.567. The minimum absolute atomic E-state index is 0.223. The monoisotopic (exact) mass is 228 g/mol. The fraction of sp³-hybridized carbons (Fsp3) is 0.833. The van der Waals surface area contributed by atoms with Crippen molar-refractivity contribution >= 4 is 10.8 Å². The lowest BCUT2D eigenvalue weighted by molar-refractivity contribution is 0.128. The Kier molecular flexibility index (Phi) is 3.49. The Bertz CT molecular complexity index is 267. The van der Waals surface area contributed by atoms with E-state index in [9.17, 15) is 4.21 Å². The van der Waals surface area contributed by atoms with Gasteiger partial charge in [0, 0.05) is 27.7 Å². The summed E-state index contributed by atoms with van der Waals surface area (Å²) in [6.45, 7) is 2.93. The van der Waals surface area contributed by atoms with Crippen LogP contribution in [0.4, 0.5) is 0 Å². The third kappa shape index (κ3) is 2.63. The summed E-state index contributed by atoms with van der Waals surface area (Å²) in [6, 6.07) is 0. The highest BCUT2D eigenvalue weighted by molar-refractivity contribution is 7.86. The van der Waals surface area contributed by atoms with Crippen LogP contribution in [0.3, 0.4) is 0 Å². The van der Waals surface area contributed by atoms with Crippen molar-refractivity contribution in [2.45, 2.75) is 39.0 Å². The third-order valence-electron chi connectivity index (χ3n) is 3.57. The van der Waals surface area contributed by atoms with Crippen LogP contribution >= 0.6 is 0 Å². The van der Waals surface area contributed by atoms with E-state index in [0.29, 0.717) is 0 Å². The van der Waals surface area contributed by atoms with Gasteiger partial charge < -0.3 is 4.74 Å². The van der Waals surface area contributed by atoms with E-state index in [-0.39, 0.29) is 5.41 Å². The Hall–Kier alpha value is -0.310. The van der Waals surface area contributed by atoms with Crippen molar-refractivity contribution in [2.24, 2.45) is 5.41 Å². The van der Waals surface area contributed by atoms with Crippen LogP contribution in [0.2, 0.25) is 0 Å². The molecule has 1 heterocycles. The van der Waals surface area contributed by atoms with Crippen LogP contribution < -0.4 is 0 Å². The quantitative estimate of drug-likeness (QED) is 0.691. The summed E-state index contributed by atoms with van der Waals surface area (Å²) in [4.78, 5) is 0. The van der Waals surface area contributed by atoms with Gasteiger partial charge in [-0.3, -0.25) is 4.21 Å². The van der Waals surface area contributed by atoms with Crippen molar-refractivity contribution in [3.8, 4) is 0 Å². The topological polar surface area (TPSA) is 26.3 Å². The SMILES string of the molecule is CCC1(COC=C2CCCC2)CS(=O)C1. The van der Waals surface area contributed by atoms with Crippen LogP contribution in [0.15, 0.2) is 11.8 Å². The highest BCUT2D eigenvalue weighted by atomic mass is 32.2. The van der Waals surface area contributed by atoms with Crippen LogP contribution in [0.1, 0.15) is 39.0 Å². The molecule has 0 unspecified atom stereocenters. The van der Waals surface area contributed by atoms with Gasteiger partial charge in [0.05, 0.1) is 12.9 Å². The molecule has 86 valence electrons. The molecule has 15 heavy (non-hydrogen) atoms. The van der Waals surface area contributed by atoms with Crippen molar-refractivity contribution in [1.82, 2.24) is 0 Å². The predicted octanol–water partition coefficient (Wildman–Crippen LogP) is 2.62. The second-order valence-electron chi connectivity index (χ2n) is 4.88. The van der Waals surface area contributed by atoms with Gasteiger partial charge in [-0.05, 0) is 37.7 Å². The lowest BCUT2D eigenvalue weighted by Gasteiger charge is -2.39. The van der Waals surface area contributed by atoms with Gasteiger partial charge in [0.15, 0.2) is 0 Å². The summed E-state index contributed by atoms with van der Waals surface area (Å²) < 4.78 is 16.8. The highest BCUT2D eigenvalue weighted by Gasteiger charge is 2.41. The standard InChI is InChI=1S/C12H20O2S/c1-2-12(9-15(13)10-12)8-14-7-11-5-3-4-6-11/h7H,2-6,8-10H2,1H3. The molecule has 0 spiro atoms. The fourth-order valence-electron chi connectivity index (χ4n) is 2.31. The maximum Gasteiger partial charge on any atom is 0.0947 e. The Morgan fingerprint density at radius 2 is 2.07 bits per heavy atom. The van der Waals surface area contributed by atoms with Gasteiger partial charge in [-0.25, -0.2) is 0 Å². The Morgan fingerprint density at radius 3 is 2.60 bits per heavy atom. The van der Waals surface area contributed by atoms with Crippen LogP contribution in [0.25, 0.3) is 0 Å². The summed E-state index contributed by atoms with van der Waals surface area (Å²) in [5, 5.41) is 0. The molecule has 0 aromatic heterocycles. The Morgan fingerprint density at radius 1 is 1.40 bits per heavy atom. The normalized spacial score (nSPS) is 35.0. The zero-order valence-electron chi connectivity index (χ0n) is 9.46. The molecule has 0 N–H and O–H groups in total. The Labute approximate surface area is 94.5 Å². The molecule has 0 bridgehead atoms. The minimum Gasteiger partial charge on any atom is -0.501 e. The van der Waals surface area contributed by atoms with Crippen LogP contribution in [-0.4, -0.2) is 22.3 Å². The third-order valence-corrected chi connectivity index (χ3v) is 5.44. The minimum atomic E-state index is -0.567. The van der Waals surface area contributed by atoms with Crippen molar-refractivity contribution < 1.29 is 8.95 Å². The molecular formula is C12H20O2S. The average Bonchev–Trinajstić information content (AvgIpc) is 2.67. The van der Waals surface area contributed by atoms with E-state index in [4.69, 9.17) is 4.74 Å². The Balaban J connectivity index is 1.77. The first-order valence-corrected chi connectivity index (χ1v) is 7.37. The fourth-order valence-corrected chi connectivity index (χ4v) is 4.17. The molecule has 0 aromatic rings. The molecule has 2 nitrogen and oxygen atoms in total. The van der Waals surface area contributed by atoms with Gasteiger partial charge in [0.25, 0.3) is 0 Å². The van der Waals surface area contributed by atoms with Gasteiger partial charge in [-0.2, -0.15) is 0 Å². The van der Waals surface area contributed by atoms with Crippen molar-refractivity contribution in [1.29, 1.82) is 0 Å². The zero-order chi connectivity index (χ0) is 10.7. The van der Waals surface area contributed by atoms with Crippen LogP contribution in [0.5, 0.6) is 0 Å². The summed E-state index contributed by atoms with van der Waals surface area (Å²) in [5.74, 6) is 1.68. The number of hydrogen-bond donors (Lipinski definition) is 0. The predicted molar refractivity (Wildman–Crippen MR) is 63.1 cm³/mol. The second kappa shape index (κ2) is 4.69. The largest absolute Gasteiger partial charge is 0.501 e. The molecule has 2 rings (SSSR count). The number of rotatable bonds is 4. The van der Waals surface area contributed by atoms with E-state index < -0.39 is 10.8 Å². The lowest BCUT2D eigenvalue weighted by atomic mass is 9.90. The van der Waals surface area contributed by atoms with Crippen LogP contribution in [-0.2, 0) is 15.5 Å². The average molecular weight is 228 g/mol. The van der Waals surface area contributed by atoms with Gasteiger partial charge >= 0.3 is 0 Å². The summed E-state index contributed by atoms with van der Waals surface area (Å²) in [6.07, 6.45) is 8.11. The molecule has 0 aromatic carbocycles. The zero-order valence-corrected chi connectivity index (χ0v) is 10.3. The lowest BCUT2D eigenvalue weighted by Crippen LogP contribution is -2.47. The molecule has 0 atom stereocenters. The smallest absolute Gasteiger partial charge is 0.0947 e. The summed E-state index contributed by atoms with van der Waals surface area (Å²) >= 11 is 0. The van der Waals surface area contributed by atoms with Gasteiger partial charge in [0.1, 0.15) is 0 Å². The first-order chi connectivity index (χ1) is 7.24. The number of allylic oxidation sites excluding steroid dienone is 1. The van der Waals surface area contributed by atoms with E-state index in [0.717, 1.165) is 24.5 Å². The molecule has 0 amide bonds. The van der Waals surface area contributed by atoms with E-state index in [1.807, 2.05) is 6.26 Å². The first-order valence-electron chi connectivity index (χ1n) is 5.89. The molecular weight excluding hydrogens is 208 g/mol. The van der Waals surface area contributed by atoms with E-state index >= 15 is 0 Å². The molecule has 1 saturated carbocycles. The van der Waals surface area contributed by atoms with Gasteiger partial charge in [0.2, 0.25) is 0 Å². The summed E-state index contributed by atoms with van der Waals surface area (Å²) in [5.41, 5.74) is 1.68. The molecule has 1 saturated heterocycles. The number of ether oxygens (including phenoxy) is 1. The van der Waals surface area contributed by atoms with Crippen molar-refractivity contribution in [2.75, 3.05) is 18.1 Å². The van der Waals surface area contributed by atoms with Gasteiger partial charge in [-0.1, -0.05) is 6.92 Å². The maximum atomic E-state index is 11.1. The van der Waals surface area contributed by atoms with E-state index in [2.05, 4.69) is 6.92 Å². The molecule has 1 aliphatic carbocycles. The highest BCUT2D eigenvalue weighted by Crippen LogP contribution is 2.34. The van der Waals surface area contributed by atoms with Crippen molar-refractivity contribution in [3.05, 3.63) is 11.8 Å². The van der Waals surface area contributed by atoms with E-state index in [1.54, 1.807) is 0 Å². The van der Waals surface area contributed by atoms with Crippen molar-refractivity contribution in [3.63, 3.8) is 0 Å². The first kappa shape index (κ1) is 11.2. The van der Waals surface area contributed by atoms with E-state index in [1.165, 1.54) is 31.3 Å². The molecule has 2 fully saturated rings. The second-order valence-corrected chi connectivity index (χ2v) is 6.33. The maximum absolute atomic E-state index is 11.1. The number of hydrogen-bond acceptors (Lipinski definition) is 2. The van der Waals surface area contributed by atoms with Crippen LogP contribution in [0, 0.1) is 5.41 Å².